The van der Waals surface area contributed by atoms with Crippen molar-refractivity contribution in [1.29, 1.82) is 0 Å². The molecule has 0 unspecified atom stereocenters. The number of rotatable bonds is 8. The van der Waals surface area contributed by atoms with Crippen LogP contribution < -0.4 is 0 Å². The van der Waals surface area contributed by atoms with E-state index in [0.717, 1.165) is 25.7 Å². The molecular weight excluding hydrogens is 204 g/mol. The Morgan fingerprint density at radius 3 is 2.29 bits per heavy atom. The lowest BCUT2D eigenvalue weighted by Crippen LogP contribution is -1.83. The average molecular weight is 230 g/mol. The fourth-order valence-electron chi connectivity index (χ4n) is 1.55. The Balaban J connectivity index is 4.42. The van der Waals surface area contributed by atoms with E-state index in [1.807, 2.05) is 19.1 Å². The summed E-state index contributed by atoms with van der Waals surface area (Å²) in [5, 5.41) is 0. The fourth-order valence-corrected chi connectivity index (χ4v) is 1.55. The zero-order valence-electron chi connectivity index (χ0n) is 11.6. The summed E-state index contributed by atoms with van der Waals surface area (Å²) >= 11 is 0. The highest BCUT2D eigenvalue weighted by molar-refractivity contribution is 5.26. The molecule has 0 N–H and O–H groups in total. The standard InChI is InChI=1S/C17H26/c1-5-9-12-16(8-4)14-15-17(11-7-3)13-10-6-2/h5,8-13H,4,6-7,14-15H2,1-3H3/b9-5+,13-10-,16-12+,17-11+. The molecule has 0 aromatic carbocycles. The highest BCUT2D eigenvalue weighted by Gasteiger charge is 1.95. The molecule has 0 atom stereocenters. The molecule has 0 bridgehead atoms. The van der Waals surface area contributed by atoms with E-state index in [2.05, 4.69) is 50.8 Å². The van der Waals surface area contributed by atoms with Crippen LogP contribution in [0.3, 0.4) is 0 Å². The molecule has 0 fully saturated rings. The first kappa shape index (κ1) is 15.7. The Morgan fingerprint density at radius 1 is 1.06 bits per heavy atom. The Bertz CT molecular complexity index is 311. The highest BCUT2D eigenvalue weighted by atomic mass is 14.0. The molecule has 0 nitrogen and oxygen atoms in total. The van der Waals surface area contributed by atoms with Crippen LogP contribution in [-0.2, 0) is 0 Å². The number of allylic oxidation sites excluding steroid dienone is 9. The van der Waals surface area contributed by atoms with Gasteiger partial charge in [0.05, 0.1) is 0 Å². The third kappa shape index (κ3) is 8.50. The second kappa shape index (κ2) is 11.2. The van der Waals surface area contributed by atoms with E-state index < -0.39 is 0 Å². The molecule has 0 saturated carbocycles. The van der Waals surface area contributed by atoms with Crippen LogP contribution in [-0.4, -0.2) is 0 Å². The van der Waals surface area contributed by atoms with E-state index in [1.165, 1.54) is 11.1 Å². The molecule has 0 heteroatoms. The predicted octanol–water partition coefficient (Wildman–Crippen LogP) is 5.76. The second-order valence-corrected chi connectivity index (χ2v) is 3.97. The van der Waals surface area contributed by atoms with Crippen LogP contribution >= 0.6 is 0 Å². The third-order valence-electron chi connectivity index (χ3n) is 2.50. The van der Waals surface area contributed by atoms with Crippen LogP contribution in [0.1, 0.15) is 46.5 Å². The summed E-state index contributed by atoms with van der Waals surface area (Å²) in [6, 6.07) is 0. The van der Waals surface area contributed by atoms with E-state index in [9.17, 15) is 0 Å². The van der Waals surface area contributed by atoms with Crippen molar-refractivity contribution in [3.8, 4) is 0 Å². The smallest absolute Gasteiger partial charge is 0.0239 e. The summed E-state index contributed by atoms with van der Waals surface area (Å²) in [5.41, 5.74) is 2.73. The van der Waals surface area contributed by atoms with Gasteiger partial charge in [-0.3, -0.25) is 0 Å². The number of hydrogen-bond acceptors (Lipinski definition) is 0. The van der Waals surface area contributed by atoms with Gasteiger partial charge in [0.25, 0.3) is 0 Å². The zero-order chi connectivity index (χ0) is 12.9. The Hall–Kier alpha value is -1.30. The lowest BCUT2D eigenvalue weighted by atomic mass is 10.0. The molecule has 0 heterocycles. The average Bonchev–Trinajstić information content (AvgIpc) is 2.35. The predicted molar refractivity (Wildman–Crippen MR) is 80.1 cm³/mol. The van der Waals surface area contributed by atoms with Crippen molar-refractivity contribution in [3.63, 3.8) is 0 Å². The van der Waals surface area contributed by atoms with Crippen LogP contribution in [0, 0.1) is 0 Å². The summed E-state index contributed by atoms with van der Waals surface area (Å²) in [4.78, 5) is 0. The molecule has 0 spiro atoms. The molecular formula is C17H26. The normalized spacial score (nSPS) is 13.8. The van der Waals surface area contributed by atoms with Crippen molar-refractivity contribution in [1.82, 2.24) is 0 Å². The van der Waals surface area contributed by atoms with Gasteiger partial charge < -0.3 is 0 Å². The molecule has 0 radical (unpaired) electrons. The van der Waals surface area contributed by atoms with Gasteiger partial charge in [-0.1, -0.05) is 68.5 Å². The second-order valence-electron chi connectivity index (χ2n) is 3.97. The van der Waals surface area contributed by atoms with Crippen LogP contribution in [0.15, 0.2) is 60.3 Å². The monoisotopic (exact) mass is 230 g/mol. The lowest BCUT2D eigenvalue weighted by molar-refractivity contribution is 0.956. The minimum Gasteiger partial charge on any atom is -0.0988 e. The largest absolute Gasteiger partial charge is 0.0988 e. The maximum atomic E-state index is 3.86. The summed E-state index contributed by atoms with van der Waals surface area (Å²) in [6.07, 6.45) is 19.4. The highest BCUT2D eigenvalue weighted by Crippen LogP contribution is 2.15. The van der Waals surface area contributed by atoms with Crippen LogP contribution in [0.2, 0.25) is 0 Å². The minimum absolute atomic E-state index is 1.06. The third-order valence-corrected chi connectivity index (χ3v) is 2.50. The van der Waals surface area contributed by atoms with Gasteiger partial charge in [-0.15, -0.1) is 0 Å². The van der Waals surface area contributed by atoms with E-state index >= 15 is 0 Å². The Morgan fingerprint density at radius 2 is 1.76 bits per heavy atom. The van der Waals surface area contributed by atoms with Gasteiger partial charge >= 0.3 is 0 Å². The van der Waals surface area contributed by atoms with Gasteiger partial charge in [-0.05, 0) is 38.2 Å². The molecule has 0 aliphatic heterocycles. The first-order chi connectivity index (χ1) is 8.28. The quantitative estimate of drug-likeness (QED) is 0.465. The van der Waals surface area contributed by atoms with Gasteiger partial charge in [-0.2, -0.15) is 0 Å². The molecule has 0 aromatic heterocycles. The van der Waals surface area contributed by atoms with Gasteiger partial charge in [0.15, 0.2) is 0 Å². The van der Waals surface area contributed by atoms with Crippen molar-refractivity contribution >= 4 is 0 Å². The molecule has 0 aromatic rings. The molecule has 94 valence electrons. The number of hydrogen-bond donors (Lipinski definition) is 0. The Labute approximate surface area is 107 Å². The fraction of sp³-hybridized carbons (Fsp3) is 0.412. The first-order valence-corrected chi connectivity index (χ1v) is 6.58. The maximum Gasteiger partial charge on any atom is -0.0239 e. The molecule has 0 amide bonds. The van der Waals surface area contributed by atoms with E-state index in [1.54, 1.807) is 0 Å². The van der Waals surface area contributed by atoms with Crippen LogP contribution in [0.4, 0.5) is 0 Å². The van der Waals surface area contributed by atoms with Gasteiger partial charge in [0, 0.05) is 0 Å². The zero-order valence-corrected chi connectivity index (χ0v) is 11.6. The first-order valence-electron chi connectivity index (χ1n) is 6.58. The van der Waals surface area contributed by atoms with Crippen LogP contribution in [0.5, 0.6) is 0 Å². The minimum atomic E-state index is 1.06. The SMILES string of the molecule is C=C/C(=C\C=C\C)CCC(/C=C\CC)=C/CC. The molecule has 0 aliphatic carbocycles. The lowest BCUT2D eigenvalue weighted by Gasteiger charge is -2.03. The molecule has 0 aliphatic rings. The van der Waals surface area contributed by atoms with E-state index in [0.29, 0.717) is 0 Å². The van der Waals surface area contributed by atoms with Gasteiger partial charge in [-0.25, -0.2) is 0 Å². The molecule has 0 rings (SSSR count). The van der Waals surface area contributed by atoms with Crippen LogP contribution in [0.25, 0.3) is 0 Å². The maximum absolute atomic E-state index is 3.86. The molecule has 0 saturated heterocycles. The van der Waals surface area contributed by atoms with Gasteiger partial charge in [0.1, 0.15) is 0 Å². The van der Waals surface area contributed by atoms with Crippen molar-refractivity contribution in [2.45, 2.75) is 46.5 Å². The van der Waals surface area contributed by atoms with E-state index in [-0.39, 0.29) is 0 Å². The Kier molecular flexibility index (Phi) is 10.3. The summed E-state index contributed by atoms with van der Waals surface area (Å²) in [5.74, 6) is 0. The topological polar surface area (TPSA) is 0 Å². The van der Waals surface area contributed by atoms with E-state index in [4.69, 9.17) is 0 Å². The van der Waals surface area contributed by atoms with Gasteiger partial charge in [0.2, 0.25) is 0 Å². The van der Waals surface area contributed by atoms with Crippen molar-refractivity contribution in [2.24, 2.45) is 0 Å². The summed E-state index contributed by atoms with van der Waals surface area (Å²) in [6.45, 7) is 10.2. The summed E-state index contributed by atoms with van der Waals surface area (Å²) < 4.78 is 0. The molecule has 17 heavy (non-hydrogen) atoms. The van der Waals surface area contributed by atoms with Crippen molar-refractivity contribution < 1.29 is 0 Å². The van der Waals surface area contributed by atoms with Crippen molar-refractivity contribution in [3.05, 3.63) is 60.3 Å². The van der Waals surface area contributed by atoms with Crippen molar-refractivity contribution in [2.75, 3.05) is 0 Å². The summed E-state index contributed by atoms with van der Waals surface area (Å²) in [7, 11) is 0.